The van der Waals surface area contributed by atoms with Crippen LogP contribution in [0.1, 0.15) is 16.1 Å². The second-order valence-corrected chi connectivity index (χ2v) is 7.97. The van der Waals surface area contributed by atoms with E-state index in [1.54, 1.807) is 55.7 Å². The lowest BCUT2D eigenvalue weighted by molar-refractivity contribution is -0.0611. The second kappa shape index (κ2) is 13.3. The summed E-state index contributed by atoms with van der Waals surface area (Å²) in [5.41, 5.74) is 0.587. The first-order valence-corrected chi connectivity index (χ1v) is 11.1. The SMILES string of the molecule is COCCN(CC1CN(CC(O)COCc2ccco2)CCO1)C(=O)c1ccc(OC)cc1. The van der Waals surface area contributed by atoms with Gasteiger partial charge >= 0.3 is 0 Å². The lowest BCUT2D eigenvalue weighted by Gasteiger charge is -2.36. The Labute approximate surface area is 194 Å². The third-order valence-corrected chi connectivity index (χ3v) is 5.44. The Balaban J connectivity index is 1.50. The predicted molar refractivity (Wildman–Crippen MR) is 121 cm³/mol. The minimum absolute atomic E-state index is 0.0817. The van der Waals surface area contributed by atoms with Crippen LogP contribution in [-0.2, 0) is 20.8 Å². The van der Waals surface area contributed by atoms with Crippen LogP contribution in [-0.4, -0.2) is 99.8 Å². The number of hydrogen-bond donors (Lipinski definition) is 1. The van der Waals surface area contributed by atoms with E-state index in [2.05, 4.69) is 4.90 Å². The molecule has 0 spiro atoms. The van der Waals surface area contributed by atoms with Crippen molar-refractivity contribution >= 4 is 5.91 Å². The largest absolute Gasteiger partial charge is 0.497 e. The zero-order chi connectivity index (χ0) is 23.5. The predicted octanol–water partition coefficient (Wildman–Crippen LogP) is 1.66. The summed E-state index contributed by atoms with van der Waals surface area (Å²) in [4.78, 5) is 17.0. The maximum Gasteiger partial charge on any atom is 0.254 e. The number of amides is 1. The van der Waals surface area contributed by atoms with Gasteiger partial charge in [0.1, 0.15) is 18.1 Å². The molecule has 1 fully saturated rings. The Morgan fingerprint density at radius 1 is 1.27 bits per heavy atom. The number of carbonyl (C=O) groups is 1. The van der Waals surface area contributed by atoms with Crippen molar-refractivity contribution in [2.45, 2.75) is 18.8 Å². The average molecular weight is 463 g/mol. The van der Waals surface area contributed by atoms with Crippen LogP contribution in [0.2, 0.25) is 0 Å². The van der Waals surface area contributed by atoms with Crippen molar-refractivity contribution in [1.82, 2.24) is 9.80 Å². The summed E-state index contributed by atoms with van der Waals surface area (Å²) in [6, 6.07) is 10.7. The van der Waals surface area contributed by atoms with E-state index in [-0.39, 0.29) is 18.6 Å². The zero-order valence-corrected chi connectivity index (χ0v) is 19.4. The molecule has 1 amide bonds. The van der Waals surface area contributed by atoms with Gasteiger partial charge < -0.3 is 33.4 Å². The van der Waals surface area contributed by atoms with Crippen LogP contribution in [0, 0.1) is 0 Å². The van der Waals surface area contributed by atoms with Crippen LogP contribution in [0.25, 0.3) is 0 Å². The molecule has 33 heavy (non-hydrogen) atoms. The number of benzene rings is 1. The summed E-state index contributed by atoms with van der Waals surface area (Å²) in [6.45, 7) is 4.24. The number of β-amino-alcohol motifs (C(OH)–C–C–N with tert-alkyl or cyclic N) is 1. The first kappa shape index (κ1) is 25.2. The van der Waals surface area contributed by atoms with Gasteiger partial charge in [-0.05, 0) is 36.4 Å². The van der Waals surface area contributed by atoms with Crippen molar-refractivity contribution in [3.8, 4) is 5.75 Å². The van der Waals surface area contributed by atoms with Gasteiger partial charge in [-0.2, -0.15) is 0 Å². The third kappa shape index (κ3) is 8.13. The summed E-state index contributed by atoms with van der Waals surface area (Å²) in [5, 5.41) is 10.4. The fourth-order valence-electron chi connectivity index (χ4n) is 3.74. The maximum absolute atomic E-state index is 13.1. The van der Waals surface area contributed by atoms with Crippen LogP contribution in [0.15, 0.2) is 47.1 Å². The molecule has 0 bridgehead atoms. The van der Waals surface area contributed by atoms with Crippen LogP contribution in [0.4, 0.5) is 0 Å². The van der Waals surface area contributed by atoms with Gasteiger partial charge in [0.15, 0.2) is 0 Å². The summed E-state index contributed by atoms with van der Waals surface area (Å²) in [6.07, 6.45) is 0.816. The summed E-state index contributed by atoms with van der Waals surface area (Å²) >= 11 is 0. The number of methoxy groups -OCH3 is 2. The third-order valence-electron chi connectivity index (χ3n) is 5.44. The fraction of sp³-hybridized carbons (Fsp3) is 0.542. The number of carbonyl (C=O) groups excluding carboxylic acids is 1. The van der Waals surface area contributed by atoms with Crippen LogP contribution in [0.5, 0.6) is 5.75 Å². The molecule has 9 nitrogen and oxygen atoms in total. The molecule has 2 heterocycles. The van der Waals surface area contributed by atoms with Crippen LogP contribution >= 0.6 is 0 Å². The van der Waals surface area contributed by atoms with Crippen molar-refractivity contribution in [2.75, 3.05) is 66.8 Å². The fourth-order valence-corrected chi connectivity index (χ4v) is 3.74. The highest BCUT2D eigenvalue weighted by Gasteiger charge is 2.26. The number of furan rings is 1. The molecule has 9 heteroatoms. The number of aliphatic hydroxyl groups excluding tert-OH is 1. The molecule has 0 aliphatic carbocycles. The molecule has 1 aromatic carbocycles. The number of rotatable bonds is 13. The van der Waals surface area contributed by atoms with Gasteiger partial charge in [-0.3, -0.25) is 9.69 Å². The molecular formula is C24H34N2O7. The molecule has 1 aliphatic heterocycles. The van der Waals surface area contributed by atoms with Gasteiger partial charge in [-0.15, -0.1) is 0 Å². The average Bonchev–Trinajstić information content (AvgIpc) is 3.35. The first-order valence-electron chi connectivity index (χ1n) is 11.1. The van der Waals surface area contributed by atoms with Crippen LogP contribution in [0.3, 0.4) is 0 Å². The van der Waals surface area contributed by atoms with Gasteiger partial charge in [-0.1, -0.05) is 0 Å². The highest BCUT2D eigenvalue weighted by Crippen LogP contribution is 2.15. The van der Waals surface area contributed by atoms with Gasteiger partial charge in [0.05, 0.1) is 45.4 Å². The number of aliphatic hydroxyl groups is 1. The van der Waals surface area contributed by atoms with Crippen molar-refractivity contribution < 1.29 is 33.3 Å². The normalized spacial score (nSPS) is 17.6. The molecule has 1 aromatic heterocycles. The number of hydrogen-bond acceptors (Lipinski definition) is 8. The van der Waals surface area contributed by atoms with E-state index < -0.39 is 6.10 Å². The molecule has 0 saturated carbocycles. The van der Waals surface area contributed by atoms with E-state index in [4.69, 9.17) is 23.4 Å². The first-order chi connectivity index (χ1) is 16.1. The molecule has 1 N–H and O–H groups in total. The number of morpholine rings is 1. The van der Waals surface area contributed by atoms with E-state index in [0.717, 1.165) is 12.3 Å². The maximum atomic E-state index is 13.1. The molecular weight excluding hydrogens is 428 g/mol. The molecule has 2 unspecified atom stereocenters. The summed E-state index contributed by atoms with van der Waals surface area (Å²) in [7, 11) is 3.21. The minimum atomic E-state index is -0.621. The van der Waals surface area contributed by atoms with E-state index in [0.29, 0.717) is 57.3 Å². The summed E-state index contributed by atoms with van der Waals surface area (Å²) in [5.74, 6) is 1.35. The molecule has 1 aliphatic rings. The smallest absolute Gasteiger partial charge is 0.254 e. The Bertz CT molecular complexity index is 813. The molecule has 1 saturated heterocycles. The standard InChI is InChI=1S/C24H34N2O7/c1-29-12-10-26(24(28)19-5-7-21(30-2)8-6-19)16-23-15-25(9-13-33-23)14-20(27)17-31-18-22-4-3-11-32-22/h3-8,11,20,23,27H,9-10,12-18H2,1-2H3. The lowest BCUT2D eigenvalue weighted by Crippen LogP contribution is -2.51. The number of nitrogens with zero attached hydrogens (tertiary/aromatic N) is 2. The quantitative estimate of drug-likeness (QED) is 0.480. The van der Waals surface area contributed by atoms with Gasteiger partial charge in [0.2, 0.25) is 0 Å². The lowest BCUT2D eigenvalue weighted by atomic mass is 10.1. The van der Waals surface area contributed by atoms with Gasteiger partial charge in [0.25, 0.3) is 5.91 Å². The van der Waals surface area contributed by atoms with Crippen molar-refractivity contribution in [1.29, 1.82) is 0 Å². The molecule has 2 atom stereocenters. The number of ether oxygens (including phenoxy) is 4. The minimum Gasteiger partial charge on any atom is -0.497 e. The van der Waals surface area contributed by atoms with Crippen LogP contribution < -0.4 is 4.74 Å². The Morgan fingerprint density at radius 3 is 2.79 bits per heavy atom. The summed E-state index contributed by atoms with van der Waals surface area (Å²) < 4.78 is 27.1. The molecule has 0 radical (unpaired) electrons. The topological polar surface area (TPSA) is 93.8 Å². The molecule has 182 valence electrons. The molecule has 2 aromatic rings. The Kier molecular flexibility index (Phi) is 10.2. The van der Waals surface area contributed by atoms with E-state index in [1.807, 2.05) is 6.07 Å². The van der Waals surface area contributed by atoms with E-state index >= 15 is 0 Å². The van der Waals surface area contributed by atoms with E-state index in [9.17, 15) is 9.90 Å². The van der Waals surface area contributed by atoms with Gasteiger partial charge in [-0.25, -0.2) is 0 Å². The van der Waals surface area contributed by atoms with Crippen molar-refractivity contribution in [3.63, 3.8) is 0 Å². The van der Waals surface area contributed by atoms with Crippen molar-refractivity contribution in [3.05, 3.63) is 54.0 Å². The monoisotopic (exact) mass is 462 g/mol. The zero-order valence-electron chi connectivity index (χ0n) is 19.4. The Morgan fingerprint density at radius 2 is 2.09 bits per heavy atom. The highest BCUT2D eigenvalue weighted by molar-refractivity contribution is 5.94. The van der Waals surface area contributed by atoms with E-state index in [1.165, 1.54) is 0 Å². The molecule has 3 rings (SSSR count). The Hall–Kier alpha value is -2.43. The van der Waals surface area contributed by atoms with Gasteiger partial charge in [0, 0.05) is 45.4 Å². The second-order valence-electron chi connectivity index (χ2n) is 7.97. The van der Waals surface area contributed by atoms with Crippen molar-refractivity contribution in [2.24, 2.45) is 0 Å². The highest BCUT2D eigenvalue weighted by atomic mass is 16.5.